The highest BCUT2D eigenvalue weighted by Gasteiger charge is 2.09. The van der Waals surface area contributed by atoms with Crippen molar-refractivity contribution in [2.45, 2.75) is 24.1 Å². The molecule has 0 fully saturated rings. The Hall–Kier alpha value is -1.55. The van der Waals surface area contributed by atoms with Crippen LogP contribution in [-0.2, 0) is 6.54 Å². The lowest BCUT2D eigenvalue weighted by Gasteiger charge is -2.11. The Kier molecular flexibility index (Phi) is 4.80. The fourth-order valence-corrected chi connectivity index (χ4v) is 2.45. The summed E-state index contributed by atoms with van der Waals surface area (Å²) >= 11 is 0.568. The molecule has 0 amide bonds. The van der Waals surface area contributed by atoms with Crippen LogP contribution in [0.25, 0.3) is 0 Å². The van der Waals surface area contributed by atoms with Crippen LogP contribution in [-0.4, -0.2) is 5.76 Å². The van der Waals surface area contributed by atoms with Gasteiger partial charge in [0, 0.05) is 17.1 Å². The Bertz CT molecular complexity index is 543. The second-order valence-corrected chi connectivity index (χ2v) is 5.25. The summed E-state index contributed by atoms with van der Waals surface area (Å²) in [4.78, 5) is 0.574. The summed E-state index contributed by atoms with van der Waals surface area (Å²) < 4.78 is 24.9. The van der Waals surface area contributed by atoms with E-state index in [9.17, 15) is 8.78 Å². The number of halogens is 2. The number of hydrogen-bond donors (Lipinski definition) is 1. The number of anilines is 1. The zero-order valence-electron chi connectivity index (χ0n) is 10.6. The molecule has 2 aromatic rings. The van der Waals surface area contributed by atoms with Crippen molar-refractivity contribution in [2.75, 3.05) is 5.32 Å². The molecular formula is C15H15F2NS. The van der Waals surface area contributed by atoms with Gasteiger partial charge in [0.15, 0.2) is 0 Å². The molecule has 0 atom stereocenters. The van der Waals surface area contributed by atoms with Crippen LogP contribution in [0.2, 0.25) is 0 Å². The number of benzene rings is 2. The van der Waals surface area contributed by atoms with Crippen LogP contribution in [0.1, 0.15) is 11.1 Å². The van der Waals surface area contributed by atoms with Gasteiger partial charge in [-0.1, -0.05) is 53.7 Å². The Morgan fingerprint density at radius 2 is 1.89 bits per heavy atom. The van der Waals surface area contributed by atoms with Crippen molar-refractivity contribution in [3.05, 3.63) is 59.7 Å². The van der Waals surface area contributed by atoms with Crippen LogP contribution < -0.4 is 5.32 Å². The molecule has 19 heavy (non-hydrogen) atoms. The summed E-state index contributed by atoms with van der Waals surface area (Å²) in [6.45, 7) is 2.66. The van der Waals surface area contributed by atoms with E-state index in [1.54, 1.807) is 12.1 Å². The SMILES string of the molecule is Cc1cccc(CNc2ccccc2SC(F)F)c1. The standard InChI is InChI=1S/C15H15F2NS/c1-11-5-4-6-12(9-11)10-18-13-7-2-3-8-14(13)19-15(16)17/h2-9,15,18H,10H2,1H3. The van der Waals surface area contributed by atoms with Crippen molar-refractivity contribution < 1.29 is 8.78 Å². The van der Waals surface area contributed by atoms with E-state index in [4.69, 9.17) is 0 Å². The van der Waals surface area contributed by atoms with Gasteiger partial charge in [0.2, 0.25) is 0 Å². The number of hydrogen-bond acceptors (Lipinski definition) is 2. The number of thioether (sulfide) groups is 1. The summed E-state index contributed by atoms with van der Waals surface area (Å²) in [5.74, 6) is -2.40. The maximum Gasteiger partial charge on any atom is 0.288 e. The smallest absolute Gasteiger partial charge is 0.288 e. The number of para-hydroxylation sites is 1. The topological polar surface area (TPSA) is 12.0 Å². The van der Waals surface area contributed by atoms with Crippen molar-refractivity contribution in [3.63, 3.8) is 0 Å². The van der Waals surface area contributed by atoms with Gasteiger partial charge in [-0.15, -0.1) is 0 Å². The Balaban J connectivity index is 2.07. The van der Waals surface area contributed by atoms with E-state index >= 15 is 0 Å². The first-order valence-electron chi connectivity index (χ1n) is 5.98. The first-order chi connectivity index (χ1) is 9.15. The highest BCUT2D eigenvalue weighted by Crippen LogP contribution is 2.31. The van der Waals surface area contributed by atoms with Gasteiger partial charge in [-0.3, -0.25) is 0 Å². The Labute approximate surface area is 116 Å². The predicted octanol–water partition coefficient (Wildman–Crippen LogP) is 4.92. The van der Waals surface area contributed by atoms with Crippen LogP contribution in [0.5, 0.6) is 0 Å². The normalized spacial score (nSPS) is 10.7. The molecule has 0 saturated heterocycles. The molecule has 0 aromatic heterocycles. The second-order valence-electron chi connectivity index (χ2n) is 4.22. The molecule has 0 spiro atoms. The van der Waals surface area contributed by atoms with Crippen molar-refractivity contribution in [3.8, 4) is 0 Å². The molecule has 2 aromatic carbocycles. The maximum atomic E-state index is 12.5. The van der Waals surface area contributed by atoms with E-state index in [1.165, 1.54) is 5.56 Å². The van der Waals surface area contributed by atoms with Crippen LogP contribution in [0.3, 0.4) is 0 Å². The average Bonchev–Trinajstić information content (AvgIpc) is 2.37. The molecule has 1 nitrogen and oxygen atoms in total. The third-order valence-corrected chi connectivity index (χ3v) is 3.46. The van der Waals surface area contributed by atoms with Crippen LogP contribution >= 0.6 is 11.8 Å². The molecule has 4 heteroatoms. The van der Waals surface area contributed by atoms with Crippen molar-refractivity contribution >= 4 is 17.4 Å². The van der Waals surface area contributed by atoms with Crippen molar-refractivity contribution in [1.29, 1.82) is 0 Å². The highest BCUT2D eigenvalue weighted by atomic mass is 32.2. The lowest BCUT2D eigenvalue weighted by molar-refractivity contribution is 0.252. The molecule has 0 heterocycles. The van der Waals surface area contributed by atoms with Gasteiger partial charge in [0.25, 0.3) is 5.76 Å². The van der Waals surface area contributed by atoms with Gasteiger partial charge >= 0.3 is 0 Å². The monoisotopic (exact) mass is 279 g/mol. The van der Waals surface area contributed by atoms with E-state index in [1.807, 2.05) is 37.3 Å². The molecule has 0 aliphatic heterocycles. The minimum Gasteiger partial charge on any atom is -0.380 e. The quantitative estimate of drug-likeness (QED) is 0.779. The minimum absolute atomic E-state index is 0.568. The van der Waals surface area contributed by atoms with E-state index in [0.717, 1.165) is 11.3 Å². The largest absolute Gasteiger partial charge is 0.380 e. The maximum absolute atomic E-state index is 12.5. The molecule has 1 N–H and O–H groups in total. The fourth-order valence-electron chi connectivity index (χ4n) is 1.83. The molecule has 2 rings (SSSR count). The number of nitrogens with one attached hydrogen (secondary N) is 1. The number of rotatable bonds is 5. The average molecular weight is 279 g/mol. The lowest BCUT2D eigenvalue weighted by atomic mass is 10.1. The summed E-state index contributed by atoms with van der Waals surface area (Å²) in [6, 6.07) is 15.3. The summed E-state index contributed by atoms with van der Waals surface area (Å²) in [7, 11) is 0. The second kappa shape index (κ2) is 6.57. The van der Waals surface area contributed by atoms with Crippen LogP contribution in [0, 0.1) is 6.92 Å². The van der Waals surface area contributed by atoms with Crippen LogP contribution in [0.4, 0.5) is 14.5 Å². The van der Waals surface area contributed by atoms with Crippen molar-refractivity contribution in [2.24, 2.45) is 0 Å². The van der Waals surface area contributed by atoms with Crippen LogP contribution in [0.15, 0.2) is 53.4 Å². The van der Waals surface area contributed by atoms with E-state index < -0.39 is 5.76 Å². The van der Waals surface area contributed by atoms with Crippen molar-refractivity contribution in [1.82, 2.24) is 0 Å². The molecule has 0 aliphatic rings. The van der Waals surface area contributed by atoms with E-state index in [-0.39, 0.29) is 0 Å². The highest BCUT2D eigenvalue weighted by molar-refractivity contribution is 7.99. The predicted molar refractivity (Wildman–Crippen MR) is 76.8 cm³/mol. The summed E-state index contributed by atoms with van der Waals surface area (Å²) in [5, 5.41) is 3.21. The Morgan fingerprint density at radius 1 is 1.11 bits per heavy atom. The summed E-state index contributed by atoms with van der Waals surface area (Å²) in [5.41, 5.74) is 3.07. The fraction of sp³-hybridized carbons (Fsp3) is 0.200. The minimum atomic E-state index is -2.40. The number of aryl methyl sites for hydroxylation is 1. The van der Waals surface area contributed by atoms with Gasteiger partial charge in [0.05, 0.1) is 0 Å². The summed E-state index contributed by atoms with van der Waals surface area (Å²) in [6.07, 6.45) is 0. The third-order valence-electron chi connectivity index (χ3n) is 2.67. The zero-order chi connectivity index (χ0) is 13.7. The lowest BCUT2D eigenvalue weighted by Crippen LogP contribution is -2.01. The van der Waals surface area contributed by atoms with Gasteiger partial charge in [-0.25, -0.2) is 0 Å². The van der Waals surface area contributed by atoms with E-state index in [0.29, 0.717) is 23.2 Å². The Morgan fingerprint density at radius 3 is 2.63 bits per heavy atom. The first kappa shape index (κ1) is 13.9. The third kappa shape index (κ3) is 4.24. The molecular weight excluding hydrogens is 264 g/mol. The van der Waals surface area contributed by atoms with Gasteiger partial charge in [0.1, 0.15) is 0 Å². The molecule has 0 saturated carbocycles. The van der Waals surface area contributed by atoms with Gasteiger partial charge in [-0.2, -0.15) is 8.78 Å². The molecule has 0 bridgehead atoms. The van der Waals surface area contributed by atoms with E-state index in [2.05, 4.69) is 11.4 Å². The van der Waals surface area contributed by atoms with Gasteiger partial charge < -0.3 is 5.32 Å². The zero-order valence-corrected chi connectivity index (χ0v) is 11.4. The molecule has 0 radical (unpaired) electrons. The number of alkyl halides is 2. The molecule has 0 unspecified atom stereocenters. The molecule has 0 aliphatic carbocycles. The first-order valence-corrected chi connectivity index (χ1v) is 6.86. The van der Waals surface area contributed by atoms with Gasteiger partial charge in [-0.05, 0) is 24.6 Å². The molecule has 100 valence electrons.